The van der Waals surface area contributed by atoms with E-state index in [0.717, 1.165) is 12.1 Å². The lowest BCUT2D eigenvalue weighted by Gasteiger charge is -2.39. The Bertz CT molecular complexity index is 1530. The molecule has 196 valence electrons. The second-order valence-corrected chi connectivity index (χ2v) is 10.7. The van der Waals surface area contributed by atoms with Crippen LogP contribution >= 0.6 is 0 Å². The Labute approximate surface area is 218 Å². The molecule has 0 spiro atoms. The van der Waals surface area contributed by atoms with Gasteiger partial charge in [-0.25, -0.2) is 19.6 Å². The molecule has 10 heteroatoms. The molecule has 2 bridgehead atoms. The van der Waals surface area contributed by atoms with Gasteiger partial charge in [0.25, 0.3) is 0 Å². The molecule has 1 amide bonds. The van der Waals surface area contributed by atoms with Gasteiger partial charge in [-0.1, -0.05) is 20.8 Å². The molecule has 3 aromatic rings. The summed E-state index contributed by atoms with van der Waals surface area (Å²) in [6.07, 6.45) is 1.32. The van der Waals surface area contributed by atoms with Gasteiger partial charge in [0, 0.05) is 23.2 Å². The van der Waals surface area contributed by atoms with Crippen molar-refractivity contribution in [1.29, 1.82) is 0 Å². The number of amides is 1. The summed E-state index contributed by atoms with van der Waals surface area (Å²) in [5, 5.41) is 2.98. The molecule has 1 fully saturated rings. The van der Waals surface area contributed by atoms with E-state index in [1.165, 1.54) is 32.4 Å². The number of fused-ring (bicyclic) bond motifs is 7. The van der Waals surface area contributed by atoms with E-state index in [1.54, 1.807) is 6.07 Å². The number of ether oxygens (including phenoxy) is 4. The molecule has 1 N–H and O–H groups in total. The third-order valence-corrected chi connectivity index (χ3v) is 8.95. The minimum Gasteiger partial charge on any atom is -0.465 e. The monoisotopic (exact) mass is 517 g/mol. The van der Waals surface area contributed by atoms with E-state index in [4.69, 9.17) is 28.9 Å². The summed E-state index contributed by atoms with van der Waals surface area (Å²) in [5.74, 6) is -0.342. The largest absolute Gasteiger partial charge is 0.465 e. The zero-order valence-corrected chi connectivity index (χ0v) is 21.8. The van der Waals surface area contributed by atoms with Crippen LogP contribution in [0, 0.1) is 5.41 Å². The van der Waals surface area contributed by atoms with E-state index in [2.05, 4.69) is 26.1 Å². The molecule has 0 radical (unpaired) electrons. The van der Waals surface area contributed by atoms with Gasteiger partial charge >= 0.3 is 11.9 Å². The summed E-state index contributed by atoms with van der Waals surface area (Å²) in [5.41, 5.74) is 1.32. The van der Waals surface area contributed by atoms with Gasteiger partial charge in [0.1, 0.15) is 0 Å². The zero-order chi connectivity index (χ0) is 27.0. The number of carbonyl (C=O) groups is 3. The van der Waals surface area contributed by atoms with Crippen molar-refractivity contribution in [3.63, 3.8) is 0 Å². The number of benzene rings is 2. The Morgan fingerprint density at radius 3 is 1.92 bits per heavy atom. The third-order valence-electron chi connectivity index (χ3n) is 8.95. The van der Waals surface area contributed by atoms with E-state index < -0.39 is 28.2 Å². The lowest BCUT2D eigenvalue weighted by molar-refractivity contribution is -0.125. The summed E-state index contributed by atoms with van der Waals surface area (Å²) < 4.78 is 20.7. The number of nitrogens with zero attached hydrogens (tertiary/aromatic N) is 2. The molecule has 2 unspecified atom stereocenters. The van der Waals surface area contributed by atoms with Crippen molar-refractivity contribution in [1.82, 2.24) is 9.97 Å². The maximum Gasteiger partial charge on any atom is 0.337 e. The highest BCUT2D eigenvalue weighted by Crippen LogP contribution is 2.70. The van der Waals surface area contributed by atoms with Crippen molar-refractivity contribution in [3.05, 3.63) is 52.8 Å². The summed E-state index contributed by atoms with van der Waals surface area (Å²) in [7, 11) is 2.49. The Kier molecular flexibility index (Phi) is 5.02. The first-order valence-corrected chi connectivity index (χ1v) is 12.3. The first kappa shape index (κ1) is 24.1. The Morgan fingerprint density at radius 1 is 0.816 bits per heavy atom. The van der Waals surface area contributed by atoms with E-state index in [1.807, 2.05) is 6.07 Å². The van der Waals surface area contributed by atoms with Gasteiger partial charge in [-0.15, -0.1) is 0 Å². The molecule has 38 heavy (non-hydrogen) atoms. The molecule has 1 saturated carbocycles. The SMILES string of the molecule is COC(=O)c1cc(NC(=O)C23CCC(C)(c4nc5cc6c(cc5nc42)OCO6)C3(C)C)cc(C(=O)OC)c1. The van der Waals surface area contributed by atoms with E-state index in [-0.39, 0.29) is 29.5 Å². The van der Waals surface area contributed by atoms with Crippen LogP contribution in [-0.4, -0.2) is 48.8 Å². The highest BCUT2D eigenvalue weighted by Gasteiger charge is 2.73. The summed E-state index contributed by atoms with van der Waals surface area (Å²) >= 11 is 0. The number of esters is 2. The maximum atomic E-state index is 14.3. The second kappa shape index (κ2) is 7.89. The molecule has 2 aromatic carbocycles. The van der Waals surface area contributed by atoms with Gasteiger partial charge in [-0.2, -0.15) is 0 Å². The molecule has 2 aliphatic carbocycles. The number of hydrogen-bond acceptors (Lipinski definition) is 9. The standard InChI is InChI=1S/C28H27N3O7/c1-26(2)27(3)6-7-28(26,22-21(27)30-17-11-19-20(38-13-37-19)12-18(17)31-22)25(34)29-16-9-14(23(32)35-4)8-15(10-16)24(33)36-5/h8-12H,6-7,13H2,1-5H3,(H,29,34). The molecule has 3 aliphatic rings. The highest BCUT2D eigenvalue weighted by molar-refractivity contribution is 6.04. The number of methoxy groups -OCH3 is 2. The average Bonchev–Trinajstić information content (AvgIpc) is 3.48. The number of nitrogens with one attached hydrogen (secondary N) is 1. The fourth-order valence-electron chi connectivity index (χ4n) is 6.40. The lowest BCUT2D eigenvalue weighted by Crippen LogP contribution is -2.48. The van der Waals surface area contributed by atoms with Gasteiger partial charge in [0.2, 0.25) is 12.7 Å². The van der Waals surface area contributed by atoms with Crippen LogP contribution in [0.15, 0.2) is 30.3 Å². The molecule has 1 aromatic heterocycles. The van der Waals surface area contributed by atoms with Crippen LogP contribution in [-0.2, 0) is 25.1 Å². The molecule has 1 aliphatic heterocycles. The molecular weight excluding hydrogens is 490 g/mol. The van der Waals surface area contributed by atoms with Crippen molar-refractivity contribution in [2.24, 2.45) is 5.41 Å². The van der Waals surface area contributed by atoms with Crippen LogP contribution in [0.1, 0.15) is 65.7 Å². The summed E-state index contributed by atoms with van der Waals surface area (Å²) in [4.78, 5) is 48.9. The first-order chi connectivity index (χ1) is 18.1. The summed E-state index contributed by atoms with van der Waals surface area (Å²) in [6, 6.07) is 7.95. The van der Waals surface area contributed by atoms with Crippen LogP contribution in [0.3, 0.4) is 0 Å². The topological polar surface area (TPSA) is 126 Å². The predicted octanol–water partition coefficient (Wildman–Crippen LogP) is 3.90. The molecule has 10 nitrogen and oxygen atoms in total. The van der Waals surface area contributed by atoms with Crippen LogP contribution in [0.2, 0.25) is 0 Å². The van der Waals surface area contributed by atoms with Crippen molar-refractivity contribution in [3.8, 4) is 11.5 Å². The average molecular weight is 518 g/mol. The highest BCUT2D eigenvalue weighted by atomic mass is 16.7. The third kappa shape index (κ3) is 2.97. The molecule has 2 heterocycles. The van der Waals surface area contributed by atoms with Crippen molar-refractivity contribution in [2.45, 2.75) is 44.4 Å². The van der Waals surface area contributed by atoms with E-state index in [0.29, 0.717) is 34.6 Å². The molecule has 0 saturated heterocycles. The number of carbonyl (C=O) groups excluding carboxylic acids is 3. The second-order valence-electron chi connectivity index (χ2n) is 10.7. The quantitative estimate of drug-likeness (QED) is 0.513. The van der Waals surface area contributed by atoms with Crippen molar-refractivity contribution >= 4 is 34.6 Å². The molecule has 6 rings (SSSR count). The Hall–Kier alpha value is -4.21. The van der Waals surface area contributed by atoms with Crippen LogP contribution in [0.25, 0.3) is 11.0 Å². The minimum atomic E-state index is -0.999. The van der Waals surface area contributed by atoms with E-state index >= 15 is 0 Å². The number of anilines is 1. The van der Waals surface area contributed by atoms with E-state index in [9.17, 15) is 14.4 Å². The normalized spacial score (nSPS) is 23.7. The van der Waals surface area contributed by atoms with Crippen LogP contribution in [0.4, 0.5) is 5.69 Å². The smallest absolute Gasteiger partial charge is 0.337 e. The fraction of sp³-hybridized carbons (Fsp3) is 0.393. The molecule has 2 atom stereocenters. The zero-order valence-electron chi connectivity index (χ0n) is 21.8. The van der Waals surface area contributed by atoms with Gasteiger partial charge in [-0.05, 0) is 36.5 Å². The predicted molar refractivity (Wildman–Crippen MR) is 135 cm³/mol. The number of rotatable bonds is 4. The van der Waals surface area contributed by atoms with Gasteiger partial charge < -0.3 is 24.3 Å². The Balaban J connectivity index is 1.48. The number of hydrogen-bond donors (Lipinski definition) is 1. The van der Waals surface area contributed by atoms with Crippen molar-refractivity contribution in [2.75, 3.05) is 26.3 Å². The minimum absolute atomic E-state index is 0.118. The van der Waals surface area contributed by atoms with Gasteiger partial charge in [-0.3, -0.25) is 4.79 Å². The first-order valence-electron chi connectivity index (χ1n) is 12.3. The van der Waals surface area contributed by atoms with Crippen LogP contribution < -0.4 is 14.8 Å². The van der Waals surface area contributed by atoms with Gasteiger partial charge in [0.05, 0.1) is 53.2 Å². The molecular formula is C28H27N3O7. The number of aromatic nitrogens is 2. The maximum absolute atomic E-state index is 14.3. The van der Waals surface area contributed by atoms with Crippen molar-refractivity contribution < 1.29 is 33.3 Å². The lowest BCUT2D eigenvalue weighted by atomic mass is 9.63. The van der Waals surface area contributed by atoms with Gasteiger partial charge in [0.15, 0.2) is 11.5 Å². The Morgan fingerprint density at radius 2 is 1.37 bits per heavy atom. The summed E-state index contributed by atoms with van der Waals surface area (Å²) in [6.45, 7) is 6.42. The fourth-order valence-corrected chi connectivity index (χ4v) is 6.40. The van der Waals surface area contributed by atoms with Crippen LogP contribution in [0.5, 0.6) is 11.5 Å².